The molecule has 3 nitrogen and oxygen atoms in total. The van der Waals surface area contributed by atoms with E-state index in [0.717, 1.165) is 19.3 Å². The Labute approximate surface area is 95.0 Å². The van der Waals surface area contributed by atoms with Crippen molar-refractivity contribution in [3.63, 3.8) is 0 Å². The van der Waals surface area contributed by atoms with Gasteiger partial charge in [0.15, 0.2) is 0 Å². The van der Waals surface area contributed by atoms with Gasteiger partial charge < -0.3 is 5.32 Å². The standard InChI is InChI=1S/C9H9ClF3N3/c10-6-4-7(14-5-2-1-3-5)16-8(15-6)9(11,12)13/h4-5H,1-3H2,(H,14,15,16). The molecule has 1 aliphatic carbocycles. The maximum Gasteiger partial charge on any atom is 0.451 e. The predicted molar refractivity (Wildman–Crippen MR) is 53.3 cm³/mol. The number of hydrogen-bond donors (Lipinski definition) is 1. The van der Waals surface area contributed by atoms with Crippen LogP contribution in [-0.4, -0.2) is 16.0 Å². The van der Waals surface area contributed by atoms with E-state index >= 15 is 0 Å². The zero-order chi connectivity index (χ0) is 11.8. The van der Waals surface area contributed by atoms with Crippen molar-refractivity contribution in [2.75, 3.05) is 5.32 Å². The number of aromatic nitrogens is 2. The molecule has 2 rings (SSSR count). The maximum absolute atomic E-state index is 12.4. The largest absolute Gasteiger partial charge is 0.451 e. The first-order chi connectivity index (χ1) is 7.45. The molecule has 0 saturated heterocycles. The van der Waals surface area contributed by atoms with Crippen LogP contribution in [0, 0.1) is 0 Å². The van der Waals surface area contributed by atoms with Gasteiger partial charge >= 0.3 is 6.18 Å². The van der Waals surface area contributed by atoms with Crippen LogP contribution >= 0.6 is 11.6 Å². The third-order valence-electron chi connectivity index (χ3n) is 2.41. The third-order valence-corrected chi connectivity index (χ3v) is 2.60. The molecule has 0 spiro atoms. The molecular formula is C9H9ClF3N3. The number of halogens is 4. The Bertz CT molecular complexity index is 390. The monoisotopic (exact) mass is 251 g/mol. The van der Waals surface area contributed by atoms with Crippen molar-refractivity contribution < 1.29 is 13.2 Å². The molecule has 0 aliphatic heterocycles. The molecule has 0 atom stereocenters. The quantitative estimate of drug-likeness (QED) is 0.821. The molecule has 0 amide bonds. The summed E-state index contributed by atoms with van der Waals surface area (Å²) in [4.78, 5) is 6.54. The lowest BCUT2D eigenvalue weighted by atomic mass is 9.93. The Morgan fingerprint density at radius 1 is 1.31 bits per heavy atom. The highest BCUT2D eigenvalue weighted by Crippen LogP contribution is 2.29. The van der Waals surface area contributed by atoms with Crippen molar-refractivity contribution in [2.24, 2.45) is 0 Å². The second-order valence-corrected chi connectivity index (χ2v) is 4.06. The molecular weight excluding hydrogens is 243 g/mol. The molecule has 1 aromatic heterocycles. The molecule has 88 valence electrons. The van der Waals surface area contributed by atoms with Crippen molar-refractivity contribution in [3.05, 3.63) is 17.0 Å². The summed E-state index contributed by atoms with van der Waals surface area (Å²) in [5, 5.41) is 2.69. The first-order valence-electron chi connectivity index (χ1n) is 4.83. The number of anilines is 1. The average Bonchev–Trinajstić information content (AvgIpc) is 2.09. The molecule has 0 aromatic carbocycles. The zero-order valence-electron chi connectivity index (χ0n) is 8.18. The molecule has 1 aliphatic rings. The van der Waals surface area contributed by atoms with Crippen LogP contribution in [0.1, 0.15) is 25.1 Å². The molecule has 1 N–H and O–H groups in total. The predicted octanol–water partition coefficient (Wildman–Crippen LogP) is 3.11. The van der Waals surface area contributed by atoms with Crippen LogP contribution in [0.3, 0.4) is 0 Å². The van der Waals surface area contributed by atoms with Gasteiger partial charge in [-0.25, -0.2) is 9.97 Å². The van der Waals surface area contributed by atoms with Crippen molar-refractivity contribution >= 4 is 17.4 Å². The molecule has 7 heteroatoms. The summed E-state index contributed by atoms with van der Waals surface area (Å²) in [5.41, 5.74) is 0. The Balaban J connectivity index is 2.21. The first kappa shape index (κ1) is 11.4. The van der Waals surface area contributed by atoms with Crippen LogP contribution in [0.15, 0.2) is 6.07 Å². The van der Waals surface area contributed by atoms with Gasteiger partial charge in [-0.15, -0.1) is 0 Å². The molecule has 1 aromatic rings. The van der Waals surface area contributed by atoms with E-state index in [1.165, 1.54) is 6.07 Å². The van der Waals surface area contributed by atoms with E-state index in [0.29, 0.717) is 0 Å². The van der Waals surface area contributed by atoms with Crippen LogP contribution in [0.2, 0.25) is 5.15 Å². The lowest BCUT2D eigenvalue weighted by molar-refractivity contribution is -0.144. The van der Waals surface area contributed by atoms with Crippen LogP contribution in [-0.2, 0) is 6.18 Å². The minimum absolute atomic E-state index is 0.136. The Morgan fingerprint density at radius 3 is 2.50 bits per heavy atom. The highest BCUT2D eigenvalue weighted by Gasteiger charge is 2.35. The van der Waals surface area contributed by atoms with Crippen molar-refractivity contribution in [3.8, 4) is 0 Å². The summed E-state index contributed by atoms with van der Waals surface area (Å²) in [6.45, 7) is 0. The van der Waals surface area contributed by atoms with Crippen molar-refractivity contribution in [1.82, 2.24) is 9.97 Å². The van der Waals surface area contributed by atoms with E-state index in [9.17, 15) is 13.2 Å². The van der Waals surface area contributed by atoms with E-state index in [1.54, 1.807) is 0 Å². The van der Waals surface area contributed by atoms with Gasteiger partial charge in [-0.2, -0.15) is 13.2 Å². The van der Waals surface area contributed by atoms with E-state index in [1.807, 2.05) is 0 Å². The van der Waals surface area contributed by atoms with E-state index in [4.69, 9.17) is 11.6 Å². The normalized spacial score (nSPS) is 17.0. The van der Waals surface area contributed by atoms with Crippen LogP contribution in [0.5, 0.6) is 0 Å². The number of rotatable bonds is 2. The van der Waals surface area contributed by atoms with E-state index < -0.39 is 12.0 Å². The van der Waals surface area contributed by atoms with E-state index in [-0.39, 0.29) is 17.0 Å². The van der Waals surface area contributed by atoms with Gasteiger partial charge in [-0.05, 0) is 19.3 Å². The van der Waals surface area contributed by atoms with Crippen LogP contribution in [0.4, 0.5) is 19.0 Å². The van der Waals surface area contributed by atoms with E-state index in [2.05, 4.69) is 15.3 Å². The summed E-state index contributed by atoms with van der Waals surface area (Å²) in [5.74, 6) is -1.07. The SMILES string of the molecule is FC(F)(F)c1nc(Cl)cc(NC2CCC2)n1. The topological polar surface area (TPSA) is 37.8 Å². The van der Waals surface area contributed by atoms with Gasteiger partial charge in [-0.3, -0.25) is 0 Å². The fourth-order valence-corrected chi connectivity index (χ4v) is 1.56. The van der Waals surface area contributed by atoms with Crippen molar-refractivity contribution in [1.29, 1.82) is 0 Å². The Hall–Kier alpha value is -1.04. The molecule has 1 heterocycles. The smallest absolute Gasteiger partial charge is 0.367 e. The highest BCUT2D eigenvalue weighted by molar-refractivity contribution is 6.29. The first-order valence-corrected chi connectivity index (χ1v) is 5.21. The molecule has 16 heavy (non-hydrogen) atoms. The van der Waals surface area contributed by atoms with Crippen molar-refractivity contribution in [2.45, 2.75) is 31.5 Å². The Morgan fingerprint density at radius 2 is 2.00 bits per heavy atom. The third kappa shape index (κ3) is 2.55. The van der Waals surface area contributed by atoms with Gasteiger partial charge in [-0.1, -0.05) is 11.6 Å². The average molecular weight is 252 g/mol. The number of nitrogens with one attached hydrogen (secondary N) is 1. The lowest BCUT2D eigenvalue weighted by Gasteiger charge is -2.27. The van der Waals surface area contributed by atoms with Gasteiger partial charge in [0.2, 0.25) is 5.82 Å². The second kappa shape index (κ2) is 4.08. The molecule has 0 unspecified atom stereocenters. The summed E-state index contributed by atoms with van der Waals surface area (Å²) < 4.78 is 37.1. The minimum Gasteiger partial charge on any atom is -0.367 e. The Kier molecular flexibility index (Phi) is 2.92. The van der Waals surface area contributed by atoms with Gasteiger partial charge in [0.1, 0.15) is 11.0 Å². The molecule has 1 saturated carbocycles. The fraction of sp³-hybridized carbons (Fsp3) is 0.556. The molecule has 1 fully saturated rings. The van der Waals surface area contributed by atoms with Crippen LogP contribution in [0.25, 0.3) is 0 Å². The fourth-order valence-electron chi connectivity index (χ4n) is 1.38. The van der Waals surface area contributed by atoms with Crippen LogP contribution < -0.4 is 5.32 Å². The lowest BCUT2D eigenvalue weighted by Crippen LogP contribution is -2.28. The molecule has 0 bridgehead atoms. The minimum atomic E-state index is -4.57. The summed E-state index contributed by atoms with van der Waals surface area (Å²) in [6, 6.07) is 1.50. The summed E-state index contributed by atoms with van der Waals surface area (Å²) >= 11 is 5.51. The van der Waals surface area contributed by atoms with Gasteiger partial charge in [0, 0.05) is 12.1 Å². The maximum atomic E-state index is 12.4. The van der Waals surface area contributed by atoms with Gasteiger partial charge in [0.05, 0.1) is 0 Å². The number of nitrogens with zero attached hydrogens (tertiary/aromatic N) is 2. The van der Waals surface area contributed by atoms with Gasteiger partial charge in [0.25, 0.3) is 0 Å². The summed E-state index contributed by atoms with van der Waals surface area (Å²) in [7, 11) is 0. The zero-order valence-corrected chi connectivity index (χ0v) is 8.94. The molecule has 0 radical (unpaired) electrons. The number of alkyl halides is 3. The summed E-state index contributed by atoms with van der Waals surface area (Å²) in [6.07, 6.45) is -1.59. The second-order valence-electron chi connectivity index (χ2n) is 3.67. The number of hydrogen-bond acceptors (Lipinski definition) is 3. The highest BCUT2D eigenvalue weighted by atomic mass is 35.5.